The Kier molecular flexibility index (Phi) is 4.97. The number of amides is 1. The summed E-state index contributed by atoms with van der Waals surface area (Å²) in [5, 5.41) is 3.21. The molecule has 0 spiro atoms. The van der Waals surface area contributed by atoms with Crippen molar-refractivity contribution in [3.05, 3.63) is 48.0 Å². The summed E-state index contributed by atoms with van der Waals surface area (Å²) < 4.78 is 0. The van der Waals surface area contributed by atoms with Crippen molar-refractivity contribution in [3.8, 4) is 0 Å². The van der Waals surface area contributed by atoms with Crippen molar-refractivity contribution in [1.29, 1.82) is 0 Å². The zero-order valence-electron chi connectivity index (χ0n) is 11.1. The molecule has 2 aromatic carbocycles. The molecule has 0 atom stereocenters. The van der Waals surface area contributed by atoms with Crippen LogP contribution in [0.3, 0.4) is 0 Å². The van der Waals surface area contributed by atoms with Crippen molar-refractivity contribution < 1.29 is 4.79 Å². The maximum Gasteiger partial charge on any atom is 0.253 e. The van der Waals surface area contributed by atoms with Crippen LogP contribution in [0.4, 0.5) is 0 Å². The Hall–Kier alpha value is -1.35. The number of benzene rings is 2. The molecule has 0 bridgehead atoms. The molecule has 0 radical (unpaired) electrons. The Morgan fingerprint density at radius 1 is 1.16 bits per heavy atom. The van der Waals surface area contributed by atoms with Gasteiger partial charge in [0, 0.05) is 24.0 Å². The zero-order valence-corrected chi connectivity index (χ0v) is 12.7. The molecule has 0 fully saturated rings. The van der Waals surface area contributed by atoms with Crippen LogP contribution in [-0.2, 0) is 0 Å². The van der Waals surface area contributed by atoms with E-state index in [1.807, 2.05) is 48.2 Å². The second-order valence-corrected chi connectivity index (χ2v) is 5.28. The smallest absolute Gasteiger partial charge is 0.253 e. The van der Waals surface area contributed by atoms with E-state index in [1.54, 1.807) is 0 Å². The lowest BCUT2D eigenvalue weighted by atomic mass is 10.1. The van der Waals surface area contributed by atoms with E-state index in [0.29, 0.717) is 0 Å². The molecule has 0 N–H and O–H groups in total. The van der Waals surface area contributed by atoms with Gasteiger partial charge in [-0.3, -0.25) is 4.79 Å². The van der Waals surface area contributed by atoms with Gasteiger partial charge >= 0.3 is 0 Å². The van der Waals surface area contributed by atoms with E-state index in [-0.39, 0.29) is 5.91 Å². The van der Waals surface area contributed by atoms with Crippen molar-refractivity contribution in [2.75, 3.05) is 18.4 Å². The lowest BCUT2D eigenvalue weighted by molar-refractivity contribution is 0.0765. The number of nitrogens with zero attached hydrogens (tertiary/aromatic N) is 1. The predicted molar refractivity (Wildman–Crippen MR) is 83.9 cm³/mol. The van der Waals surface area contributed by atoms with Gasteiger partial charge in [0.15, 0.2) is 0 Å². The second kappa shape index (κ2) is 6.71. The number of carbonyl (C=O) groups is 1. The third-order valence-corrected chi connectivity index (χ3v) is 3.79. The van der Waals surface area contributed by atoms with Crippen LogP contribution >= 0.6 is 15.9 Å². The van der Waals surface area contributed by atoms with Crippen molar-refractivity contribution in [2.24, 2.45) is 0 Å². The van der Waals surface area contributed by atoms with E-state index < -0.39 is 0 Å². The summed E-state index contributed by atoms with van der Waals surface area (Å²) in [7, 11) is 0. The molecule has 3 heteroatoms. The lowest BCUT2D eigenvalue weighted by Gasteiger charge is -2.20. The van der Waals surface area contributed by atoms with Gasteiger partial charge in [0.25, 0.3) is 5.91 Å². The molecule has 2 aromatic rings. The van der Waals surface area contributed by atoms with Gasteiger partial charge < -0.3 is 4.90 Å². The summed E-state index contributed by atoms with van der Waals surface area (Å²) in [5.74, 6) is 0.120. The van der Waals surface area contributed by atoms with E-state index in [0.717, 1.165) is 35.8 Å². The molecule has 100 valence electrons. The highest BCUT2D eigenvalue weighted by atomic mass is 79.9. The first-order valence-corrected chi connectivity index (χ1v) is 7.72. The zero-order chi connectivity index (χ0) is 13.7. The molecule has 2 rings (SSSR count). The number of hydrogen-bond donors (Lipinski definition) is 0. The second-order valence-electron chi connectivity index (χ2n) is 4.49. The first kappa shape index (κ1) is 14.1. The molecule has 0 saturated carbocycles. The minimum Gasteiger partial charge on any atom is -0.339 e. The van der Waals surface area contributed by atoms with E-state index in [1.165, 1.54) is 5.39 Å². The first-order valence-electron chi connectivity index (χ1n) is 6.60. The summed E-state index contributed by atoms with van der Waals surface area (Å²) in [4.78, 5) is 14.3. The molecule has 0 aliphatic carbocycles. The van der Waals surface area contributed by atoms with Gasteiger partial charge in [0.05, 0.1) is 0 Å². The molecule has 0 aromatic heterocycles. The van der Waals surface area contributed by atoms with Crippen LogP contribution in [0.25, 0.3) is 10.8 Å². The van der Waals surface area contributed by atoms with Crippen molar-refractivity contribution in [1.82, 2.24) is 4.90 Å². The maximum atomic E-state index is 12.4. The summed E-state index contributed by atoms with van der Waals surface area (Å²) >= 11 is 3.41. The minimum atomic E-state index is 0.120. The highest BCUT2D eigenvalue weighted by Gasteiger charge is 2.13. The third-order valence-electron chi connectivity index (χ3n) is 3.23. The summed E-state index contributed by atoms with van der Waals surface area (Å²) in [5.41, 5.74) is 0.773. The summed E-state index contributed by atoms with van der Waals surface area (Å²) in [6.45, 7) is 3.57. The van der Waals surface area contributed by atoms with Crippen LogP contribution in [-0.4, -0.2) is 29.2 Å². The highest BCUT2D eigenvalue weighted by molar-refractivity contribution is 9.09. The Morgan fingerprint density at radius 2 is 1.89 bits per heavy atom. The fraction of sp³-hybridized carbons (Fsp3) is 0.312. The monoisotopic (exact) mass is 319 g/mol. The summed E-state index contributed by atoms with van der Waals surface area (Å²) in [6.07, 6.45) is 0.979. The minimum absolute atomic E-state index is 0.120. The first-order chi connectivity index (χ1) is 9.26. The average molecular weight is 320 g/mol. The number of fused-ring (bicyclic) bond motifs is 1. The Morgan fingerprint density at radius 3 is 2.58 bits per heavy atom. The quantitative estimate of drug-likeness (QED) is 0.760. The van der Waals surface area contributed by atoms with Gasteiger partial charge in [0.1, 0.15) is 0 Å². The number of halogens is 1. The van der Waals surface area contributed by atoms with Gasteiger partial charge in [-0.15, -0.1) is 0 Å². The molecule has 0 aliphatic heterocycles. The molecular weight excluding hydrogens is 302 g/mol. The topological polar surface area (TPSA) is 20.3 Å². The molecule has 2 nitrogen and oxygen atoms in total. The molecule has 0 saturated heterocycles. The highest BCUT2D eigenvalue weighted by Crippen LogP contribution is 2.17. The van der Waals surface area contributed by atoms with Crippen molar-refractivity contribution in [3.63, 3.8) is 0 Å². The van der Waals surface area contributed by atoms with E-state index >= 15 is 0 Å². The maximum absolute atomic E-state index is 12.4. The molecule has 1 amide bonds. The molecule has 0 unspecified atom stereocenters. The predicted octanol–water partition coefficient (Wildman–Crippen LogP) is 4.09. The molecule has 0 aliphatic rings. The van der Waals surface area contributed by atoms with Gasteiger partial charge in [0.2, 0.25) is 0 Å². The molecular formula is C16H18BrNO. The van der Waals surface area contributed by atoms with Gasteiger partial charge in [-0.05, 0) is 36.2 Å². The van der Waals surface area contributed by atoms with Crippen LogP contribution in [0.1, 0.15) is 23.7 Å². The van der Waals surface area contributed by atoms with Crippen molar-refractivity contribution in [2.45, 2.75) is 13.3 Å². The molecule has 0 heterocycles. The normalized spacial score (nSPS) is 10.6. The van der Waals surface area contributed by atoms with Crippen LogP contribution < -0.4 is 0 Å². The van der Waals surface area contributed by atoms with Crippen molar-refractivity contribution >= 4 is 32.6 Å². The number of rotatable bonds is 5. The number of carbonyl (C=O) groups excluding carboxylic acids is 1. The third kappa shape index (κ3) is 3.35. The van der Waals surface area contributed by atoms with Crippen LogP contribution in [0.5, 0.6) is 0 Å². The number of hydrogen-bond acceptors (Lipinski definition) is 1. The van der Waals surface area contributed by atoms with Gasteiger partial charge in [-0.2, -0.15) is 0 Å². The van der Waals surface area contributed by atoms with E-state index in [2.05, 4.69) is 22.0 Å². The average Bonchev–Trinajstić information content (AvgIpc) is 2.47. The fourth-order valence-electron chi connectivity index (χ4n) is 2.16. The summed E-state index contributed by atoms with van der Waals surface area (Å²) in [6, 6.07) is 14.0. The lowest BCUT2D eigenvalue weighted by Crippen LogP contribution is -2.31. The van der Waals surface area contributed by atoms with Gasteiger partial charge in [-0.25, -0.2) is 0 Å². The van der Waals surface area contributed by atoms with Gasteiger partial charge in [-0.1, -0.05) is 46.3 Å². The van der Waals surface area contributed by atoms with E-state index in [4.69, 9.17) is 0 Å². The van der Waals surface area contributed by atoms with E-state index in [9.17, 15) is 4.79 Å². The Balaban J connectivity index is 2.24. The number of alkyl halides is 1. The SMILES string of the molecule is CCN(CCCBr)C(=O)c1ccc2ccccc2c1. The largest absolute Gasteiger partial charge is 0.339 e. The van der Waals surface area contributed by atoms with Crippen LogP contribution in [0.2, 0.25) is 0 Å². The Bertz CT molecular complexity index is 567. The van der Waals surface area contributed by atoms with Crippen LogP contribution in [0, 0.1) is 0 Å². The standard InChI is InChI=1S/C16H18BrNO/c1-2-18(11-5-10-17)16(19)15-9-8-13-6-3-4-7-14(13)12-15/h3-4,6-9,12H,2,5,10-11H2,1H3. The van der Waals surface area contributed by atoms with Crippen LogP contribution in [0.15, 0.2) is 42.5 Å². The fourth-order valence-corrected chi connectivity index (χ4v) is 2.41. The Labute approximate surface area is 122 Å². The molecule has 19 heavy (non-hydrogen) atoms.